The molecule has 0 radical (unpaired) electrons. The van der Waals surface area contributed by atoms with Crippen LogP contribution in [0.1, 0.15) is 154 Å². The lowest BCUT2D eigenvalue weighted by Crippen LogP contribution is -2.43. The summed E-state index contributed by atoms with van der Waals surface area (Å²) in [4.78, 5) is 55.8. The van der Waals surface area contributed by atoms with Crippen LogP contribution in [0.3, 0.4) is 0 Å². The molecule has 0 aliphatic carbocycles. The number of nitrogens with one attached hydrogen (secondary N) is 1. The first-order valence-corrected chi connectivity index (χ1v) is 23.7. The van der Waals surface area contributed by atoms with Gasteiger partial charge in [-0.25, -0.2) is 0 Å². The van der Waals surface area contributed by atoms with Gasteiger partial charge in [0, 0.05) is 30.9 Å². The van der Waals surface area contributed by atoms with Crippen molar-refractivity contribution in [3.63, 3.8) is 0 Å². The fourth-order valence-corrected chi connectivity index (χ4v) is 7.36. The molecule has 1 aromatic carbocycles. The van der Waals surface area contributed by atoms with Gasteiger partial charge in [-0.15, -0.1) is 0 Å². The number of carbonyl (C=O) groups excluding carboxylic acids is 3. The Balaban J connectivity index is 2.43. The zero-order valence-electron chi connectivity index (χ0n) is 33.4. The molecule has 5 N–H and O–H groups in total. The van der Waals surface area contributed by atoms with E-state index in [1.807, 2.05) is 12.1 Å². The number of hydrogen-bond acceptors (Lipinski definition) is 9. The second-order valence-electron chi connectivity index (χ2n) is 14.4. The Labute approximate surface area is 330 Å². The van der Waals surface area contributed by atoms with Crippen LogP contribution < -0.4 is 15.8 Å². The third kappa shape index (κ3) is 30.2. The molecular formula is C41H73N2O9PS. The van der Waals surface area contributed by atoms with Crippen molar-refractivity contribution in [3.05, 3.63) is 29.8 Å². The maximum atomic E-state index is 12.7. The number of thioether (sulfide) groups is 1. The van der Waals surface area contributed by atoms with Crippen molar-refractivity contribution in [2.45, 2.75) is 167 Å². The SMILES string of the molecule is CCCCCCCCCCCC(=O)OC[C@H](CSC[C@@H](N)C(=O)NCCc1ccc(OCCCP(=O)(O)O)cc1)OC(=O)CCCCCCCCCCC. The number of ether oxygens (including phenoxy) is 3. The molecule has 0 heterocycles. The molecule has 0 spiro atoms. The molecule has 1 amide bonds. The minimum atomic E-state index is -4.02. The lowest BCUT2D eigenvalue weighted by Gasteiger charge is -2.19. The average molecular weight is 801 g/mol. The van der Waals surface area contributed by atoms with Gasteiger partial charge in [-0.2, -0.15) is 11.8 Å². The smallest absolute Gasteiger partial charge is 0.325 e. The number of amides is 1. The van der Waals surface area contributed by atoms with Gasteiger partial charge in [0.1, 0.15) is 18.5 Å². The van der Waals surface area contributed by atoms with E-state index in [1.54, 1.807) is 12.1 Å². The van der Waals surface area contributed by atoms with E-state index in [4.69, 9.17) is 29.7 Å². The maximum Gasteiger partial charge on any atom is 0.325 e. The molecule has 0 saturated heterocycles. The van der Waals surface area contributed by atoms with Crippen molar-refractivity contribution in [2.24, 2.45) is 5.73 Å². The second-order valence-corrected chi connectivity index (χ2v) is 17.2. The number of rotatable bonds is 36. The molecule has 0 aromatic heterocycles. The summed E-state index contributed by atoms with van der Waals surface area (Å²) in [6, 6.07) is 6.56. The highest BCUT2D eigenvalue weighted by Gasteiger charge is 2.20. The molecule has 0 fully saturated rings. The van der Waals surface area contributed by atoms with Crippen molar-refractivity contribution in [2.75, 3.05) is 37.4 Å². The van der Waals surface area contributed by atoms with Crippen LogP contribution in [0.15, 0.2) is 24.3 Å². The van der Waals surface area contributed by atoms with Crippen LogP contribution in [0, 0.1) is 0 Å². The van der Waals surface area contributed by atoms with Crippen molar-refractivity contribution in [1.82, 2.24) is 5.32 Å². The Kier molecular flexibility index (Phi) is 30.6. The normalized spacial score (nSPS) is 12.6. The van der Waals surface area contributed by atoms with E-state index >= 15 is 0 Å². The number of unbranched alkanes of at least 4 members (excludes halogenated alkanes) is 16. The van der Waals surface area contributed by atoms with Crippen molar-refractivity contribution >= 4 is 37.2 Å². The van der Waals surface area contributed by atoms with Gasteiger partial charge in [0.15, 0.2) is 0 Å². The fourth-order valence-electron chi connectivity index (χ4n) is 5.86. The van der Waals surface area contributed by atoms with E-state index in [0.29, 0.717) is 43.1 Å². The summed E-state index contributed by atoms with van der Waals surface area (Å²) in [6.07, 6.45) is 21.6. The second kappa shape index (κ2) is 33.1. The molecule has 1 rings (SSSR count). The summed E-state index contributed by atoms with van der Waals surface area (Å²) in [5.74, 6) is 0.439. The molecule has 0 aliphatic heterocycles. The first-order chi connectivity index (χ1) is 26.0. The lowest BCUT2D eigenvalue weighted by molar-refractivity contribution is -0.157. The summed E-state index contributed by atoms with van der Waals surface area (Å²) in [7, 11) is -4.02. The van der Waals surface area contributed by atoms with E-state index in [1.165, 1.54) is 88.8 Å². The molecule has 1 aromatic rings. The van der Waals surface area contributed by atoms with Gasteiger partial charge < -0.3 is 35.0 Å². The number of nitrogens with two attached hydrogens (primary N) is 1. The van der Waals surface area contributed by atoms with Crippen LogP contribution in [0.2, 0.25) is 0 Å². The Morgan fingerprint density at radius 2 is 1.26 bits per heavy atom. The molecule has 0 aliphatic rings. The van der Waals surface area contributed by atoms with Crippen LogP contribution in [-0.2, 0) is 34.8 Å². The van der Waals surface area contributed by atoms with Gasteiger partial charge in [-0.1, -0.05) is 129 Å². The molecule has 2 atom stereocenters. The van der Waals surface area contributed by atoms with E-state index in [-0.39, 0.29) is 43.6 Å². The number of benzene rings is 1. The van der Waals surface area contributed by atoms with Gasteiger partial charge >= 0.3 is 19.5 Å². The molecule has 0 bridgehead atoms. The van der Waals surface area contributed by atoms with Crippen LogP contribution >= 0.6 is 19.4 Å². The van der Waals surface area contributed by atoms with Gasteiger partial charge in [0.2, 0.25) is 5.91 Å². The molecule has 13 heteroatoms. The van der Waals surface area contributed by atoms with E-state index in [2.05, 4.69) is 19.2 Å². The van der Waals surface area contributed by atoms with Gasteiger partial charge in [0.05, 0.1) is 18.8 Å². The maximum absolute atomic E-state index is 12.7. The van der Waals surface area contributed by atoms with Crippen molar-refractivity contribution in [3.8, 4) is 5.75 Å². The largest absolute Gasteiger partial charge is 0.494 e. The Morgan fingerprint density at radius 3 is 1.80 bits per heavy atom. The summed E-state index contributed by atoms with van der Waals surface area (Å²) < 4.78 is 27.8. The van der Waals surface area contributed by atoms with Crippen LogP contribution in [-0.4, -0.2) is 77.2 Å². The summed E-state index contributed by atoms with van der Waals surface area (Å²) in [5.41, 5.74) is 7.17. The lowest BCUT2D eigenvalue weighted by atomic mass is 10.1. The van der Waals surface area contributed by atoms with Crippen molar-refractivity contribution < 1.29 is 42.9 Å². The Hall–Kier alpha value is -2.11. The molecule has 312 valence electrons. The van der Waals surface area contributed by atoms with Gasteiger partial charge in [-0.3, -0.25) is 18.9 Å². The molecule has 0 unspecified atom stereocenters. The van der Waals surface area contributed by atoms with Gasteiger partial charge in [-0.05, 0) is 43.4 Å². The predicted molar refractivity (Wildman–Crippen MR) is 220 cm³/mol. The number of esters is 2. The van der Waals surface area contributed by atoms with E-state index in [0.717, 1.165) is 44.1 Å². The van der Waals surface area contributed by atoms with Crippen molar-refractivity contribution in [1.29, 1.82) is 0 Å². The Bertz CT molecular complexity index is 1150. The first kappa shape index (κ1) is 49.9. The third-order valence-electron chi connectivity index (χ3n) is 9.13. The minimum absolute atomic E-state index is 0.00851. The monoisotopic (exact) mass is 800 g/mol. The average Bonchev–Trinajstić information content (AvgIpc) is 3.14. The first-order valence-electron chi connectivity index (χ1n) is 20.8. The molecule has 11 nitrogen and oxygen atoms in total. The highest BCUT2D eigenvalue weighted by atomic mass is 32.2. The Morgan fingerprint density at radius 1 is 0.741 bits per heavy atom. The van der Waals surface area contributed by atoms with Gasteiger partial charge in [0.25, 0.3) is 0 Å². The minimum Gasteiger partial charge on any atom is -0.494 e. The topological polar surface area (TPSA) is 174 Å². The number of carbonyl (C=O) groups is 3. The highest BCUT2D eigenvalue weighted by Crippen LogP contribution is 2.34. The van der Waals surface area contributed by atoms with E-state index in [9.17, 15) is 18.9 Å². The molecular weight excluding hydrogens is 727 g/mol. The third-order valence-corrected chi connectivity index (χ3v) is 11.2. The fraction of sp³-hybridized carbons (Fsp3) is 0.780. The molecule has 0 saturated carbocycles. The molecule has 54 heavy (non-hydrogen) atoms. The highest BCUT2D eigenvalue weighted by molar-refractivity contribution is 7.99. The van der Waals surface area contributed by atoms with Crippen LogP contribution in [0.4, 0.5) is 0 Å². The predicted octanol–water partition coefficient (Wildman–Crippen LogP) is 8.65. The summed E-state index contributed by atoms with van der Waals surface area (Å²) in [6.45, 7) is 5.04. The standard InChI is InChI=1S/C41H73N2O9PS/c1-3-5-7-9-11-13-15-17-19-22-39(44)51-32-37(52-40(45)23-20-18-16-14-12-10-8-6-4-2)33-54-34-38(42)41(46)43-29-28-35-24-26-36(27-25-35)50-30-21-31-53(47,48)49/h24-27,37-38H,3-23,28-34,42H2,1-2H3,(H,43,46)(H2,47,48,49)/t37-,38-/m1/s1. The number of hydrogen-bond donors (Lipinski definition) is 4. The van der Waals surface area contributed by atoms with Crippen LogP contribution in [0.25, 0.3) is 0 Å². The zero-order valence-corrected chi connectivity index (χ0v) is 35.2. The van der Waals surface area contributed by atoms with E-state index < -0.39 is 19.7 Å². The quantitative estimate of drug-likeness (QED) is 0.0291. The summed E-state index contributed by atoms with van der Waals surface area (Å²) in [5, 5.41) is 2.87. The summed E-state index contributed by atoms with van der Waals surface area (Å²) >= 11 is 1.40. The van der Waals surface area contributed by atoms with Crippen LogP contribution in [0.5, 0.6) is 5.75 Å². The zero-order chi connectivity index (χ0) is 39.7.